The second-order valence-corrected chi connectivity index (χ2v) is 10.7. The SMILES string of the molecule is COc1cccc(N2C[C@H](C(=O)Oc3ccc(N4C(=O)[C@H]5[C@@H]6C=C[C@H]([C@@H]7C[C@H]67)[C@@H]5C4=O)cc3)CC2=O)c1. The maximum atomic E-state index is 13.3. The summed E-state index contributed by atoms with van der Waals surface area (Å²) in [6.45, 7) is 0.223. The van der Waals surface area contributed by atoms with Gasteiger partial charge in [-0.3, -0.25) is 24.1 Å². The van der Waals surface area contributed by atoms with Crippen LogP contribution in [0.3, 0.4) is 0 Å². The summed E-state index contributed by atoms with van der Waals surface area (Å²) in [7, 11) is 1.56. The zero-order valence-electron chi connectivity index (χ0n) is 20.3. The highest BCUT2D eigenvalue weighted by Gasteiger charge is 2.67. The van der Waals surface area contributed by atoms with E-state index in [1.54, 1.807) is 60.5 Å². The standard InChI is InChI=1S/C29H26N2O6/c1-36-19-4-2-3-17(12-19)30-14-15(11-24(30)32)29(35)37-18-7-5-16(6-8-18)31-27(33)25-20-9-10-21(23-13-22(20)23)26(25)28(31)34/h2-10,12,15,20-23,25-26H,11,13-14H2,1H3/t15-,20-,21-,22-,23+,25+,26+/m1/s1. The van der Waals surface area contributed by atoms with Crippen LogP contribution >= 0.6 is 0 Å². The third-order valence-electron chi connectivity index (χ3n) is 8.80. The molecule has 0 N–H and O–H groups in total. The van der Waals surface area contributed by atoms with Crippen molar-refractivity contribution in [3.63, 3.8) is 0 Å². The van der Waals surface area contributed by atoms with E-state index in [1.165, 1.54) is 4.90 Å². The molecule has 0 aromatic heterocycles. The molecule has 4 aliphatic carbocycles. The number of carbonyl (C=O) groups is 4. The van der Waals surface area contributed by atoms with E-state index in [-0.39, 0.29) is 54.4 Å². The van der Waals surface area contributed by atoms with E-state index in [2.05, 4.69) is 12.2 Å². The van der Waals surface area contributed by atoms with Crippen molar-refractivity contribution >= 4 is 35.1 Å². The number of benzene rings is 2. The van der Waals surface area contributed by atoms with Crippen LogP contribution in [0.5, 0.6) is 11.5 Å². The number of ether oxygens (including phenoxy) is 2. The molecule has 2 aromatic carbocycles. The van der Waals surface area contributed by atoms with Crippen LogP contribution in [-0.2, 0) is 19.2 Å². The average molecular weight is 499 g/mol. The molecule has 2 heterocycles. The minimum absolute atomic E-state index is 0.0615. The molecule has 0 radical (unpaired) electrons. The highest BCUT2D eigenvalue weighted by molar-refractivity contribution is 6.22. The lowest BCUT2D eigenvalue weighted by molar-refractivity contribution is -0.139. The maximum Gasteiger partial charge on any atom is 0.316 e. The molecule has 0 spiro atoms. The van der Waals surface area contributed by atoms with E-state index in [9.17, 15) is 19.2 Å². The Kier molecular flexibility index (Phi) is 4.83. The second-order valence-electron chi connectivity index (χ2n) is 10.7. The van der Waals surface area contributed by atoms with Crippen molar-refractivity contribution in [2.45, 2.75) is 12.8 Å². The Morgan fingerprint density at radius 2 is 1.54 bits per heavy atom. The smallest absolute Gasteiger partial charge is 0.316 e. The fourth-order valence-corrected chi connectivity index (χ4v) is 6.97. The van der Waals surface area contributed by atoms with Crippen LogP contribution in [-0.4, -0.2) is 37.3 Å². The topological polar surface area (TPSA) is 93.2 Å². The van der Waals surface area contributed by atoms with Crippen molar-refractivity contribution in [3.05, 3.63) is 60.7 Å². The second kappa shape index (κ2) is 8.03. The lowest BCUT2D eigenvalue weighted by atomic mass is 9.63. The molecule has 188 valence electrons. The van der Waals surface area contributed by atoms with Crippen LogP contribution < -0.4 is 19.3 Å². The van der Waals surface area contributed by atoms with Crippen LogP contribution in [0.25, 0.3) is 0 Å². The van der Waals surface area contributed by atoms with Crippen molar-refractivity contribution in [2.24, 2.45) is 41.4 Å². The summed E-state index contributed by atoms with van der Waals surface area (Å²) in [5.41, 5.74) is 1.17. The molecule has 37 heavy (non-hydrogen) atoms. The van der Waals surface area contributed by atoms with Gasteiger partial charge in [0.25, 0.3) is 0 Å². The van der Waals surface area contributed by atoms with Crippen LogP contribution in [0, 0.1) is 41.4 Å². The van der Waals surface area contributed by atoms with E-state index < -0.39 is 11.9 Å². The van der Waals surface area contributed by atoms with Gasteiger partial charge in [0.2, 0.25) is 17.7 Å². The zero-order valence-corrected chi connectivity index (χ0v) is 20.3. The van der Waals surface area contributed by atoms with Gasteiger partial charge in [0.05, 0.1) is 30.6 Å². The molecule has 0 unspecified atom stereocenters. The van der Waals surface area contributed by atoms with Gasteiger partial charge in [-0.2, -0.15) is 0 Å². The number of carbonyl (C=O) groups excluding carboxylic acids is 4. The number of hydrogen-bond acceptors (Lipinski definition) is 6. The molecule has 2 bridgehead atoms. The van der Waals surface area contributed by atoms with E-state index >= 15 is 0 Å². The molecule has 2 aromatic rings. The first-order chi connectivity index (χ1) is 17.9. The monoisotopic (exact) mass is 498 g/mol. The first kappa shape index (κ1) is 22.3. The minimum Gasteiger partial charge on any atom is -0.497 e. The van der Waals surface area contributed by atoms with Gasteiger partial charge in [0.1, 0.15) is 11.5 Å². The van der Waals surface area contributed by atoms with Gasteiger partial charge < -0.3 is 14.4 Å². The average Bonchev–Trinajstić information content (AvgIpc) is 3.59. The highest BCUT2D eigenvalue weighted by Crippen LogP contribution is 2.65. The summed E-state index contributed by atoms with van der Waals surface area (Å²) in [6, 6.07) is 13.6. The molecule has 2 saturated heterocycles. The molecule has 8 rings (SSSR count). The third-order valence-corrected chi connectivity index (χ3v) is 8.80. The number of imide groups is 1. The summed E-state index contributed by atoms with van der Waals surface area (Å²) >= 11 is 0. The summed E-state index contributed by atoms with van der Waals surface area (Å²) < 4.78 is 10.8. The number of amides is 3. The van der Waals surface area contributed by atoms with Crippen molar-refractivity contribution in [3.8, 4) is 11.5 Å². The zero-order chi connectivity index (χ0) is 25.4. The minimum atomic E-state index is -0.599. The van der Waals surface area contributed by atoms with Gasteiger partial charge in [-0.05, 0) is 66.5 Å². The summed E-state index contributed by atoms with van der Waals surface area (Å²) in [4.78, 5) is 54.9. The Hall–Kier alpha value is -3.94. The van der Waals surface area contributed by atoms with Crippen molar-refractivity contribution in [1.82, 2.24) is 0 Å². The highest BCUT2D eigenvalue weighted by atomic mass is 16.5. The Balaban J connectivity index is 1.03. The lowest BCUT2D eigenvalue weighted by Gasteiger charge is -2.37. The lowest BCUT2D eigenvalue weighted by Crippen LogP contribution is -2.40. The van der Waals surface area contributed by atoms with Gasteiger partial charge in [-0.15, -0.1) is 0 Å². The largest absolute Gasteiger partial charge is 0.497 e. The number of esters is 1. The number of anilines is 2. The van der Waals surface area contributed by atoms with Crippen molar-refractivity contribution in [1.29, 1.82) is 0 Å². The van der Waals surface area contributed by atoms with Crippen molar-refractivity contribution < 1.29 is 28.7 Å². The maximum absolute atomic E-state index is 13.3. The van der Waals surface area contributed by atoms with Crippen LogP contribution in [0.15, 0.2) is 60.7 Å². The molecule has 2 aliphatic heterocycles. The predicted octanol–water partition coefficient (Wildman–Crippen LogP) is 3.21. The van der Waals surface area contributed by atoms with Gasteiger partial charge in [-0.1, -0.05) is 18.2 Å². The van der Waals surface area contributed by atoms with Crippen molar-refractivity contribution in [2.75, 3.05) is 23.5 Å². The summed E-state index contributed by atoms with van der Waals surface area (Å²) in [5, 5.41) is 0. The molecular weight excluding hydrogens is 472 g/mol. The van der Waals surface area contributed by atoms with Crippen LogP contribution in [0.2, 0.25) is 0 Å². The first-order valence-corrected chi connectivity index (χ1v) is 12.8. The van der Waals surface area contributed by atoms with Crippen LogP contribution in [0.1, 0.15) is 12.8 Å². The van der Waals surface area contributed by atoms with Gasteiger partial charge in [0.15, 0.2) is 0 Å². The Morgan fingerprint density at radius 1 is 0.865 bits per heavy atom. The molecule has 6 aliphatic rings. The van der Waals surface area contributed by atoms with E-state index in [1.807, 2.05) is 0 Å². The Morgan fingerprint density at radius 3 is 2.19 bits per heavy atom. The van der Waals surface area contributed by atoms with Gasteiger partial charge in [0, 0.05) is 24.7 Å². The number of rotatable bonds is 5. The number of methoxy groups -OCH3 is 1. The molecule has 8 heteroatoms. The number of hydrogen-bond donors (Lipinski definition) is 0. The van der Waals surface area contributed by atoms with E-state index in [4.69, 9.17) is 9.47 Å². The predicted molar refractivity (Wildman–Crippen MR) is 133 cm³/mol. The fraction of sp³-hybridized carbons (Fsp3) is 0.379. The molecule has 7 atom stereocenters. The van der Waals surface area contributed by atoms with Gasteiger partial charge >= 0.3 is 5.97 Å². The summed E-state index contributed by atoms with van der Waals surface area (Å²) in [5.74, 6) is 0.399. The molecule has 8 nitrogen and oxygen atoms in total. The number of allylic oxidation sites excluding steroid dienone is 2. The fourth-order valence-electron chi connectivity index (χ4n) is 6.97. The summed E-state index contributed by atoms with van der Waals surface area (Å²) in [6.07, 6.45) is 5.49. The normalized spacial score (nSPS) is 33.0. The molecule has 3 amide bonds. The first-order valence-electron chi connectivity index (χ1n) is 12.8. The quantitative estimate of drug-likeness (QED) is 0.272. The molecule has 4 fully saturated rings. The molecule has 2 saturated carbocycles. The van der Waals surface area contributed by atoms with Crippen LogP contribution in [0.4, 0.5) is 11.4 Å². The van der Waals surface area contributed by atoms with E-state index in [0.29, 0.717) is 34.7 Å². The van der Waals surface area contributed by atoms with E-state index in [0.717, 1.165) is 6.42 Å². The molecular formula is C29H26N2O6. The Labute approximate surface area is 213 Å². The number of nitrogens with zero attached hydrogens (tertiary/aromatic N) is 2. The van der Waals surface area contributed by atoms with Gasteiger partial charge in [-0.25, -0.2) is 0 Å². The Bertz CT molecular complexity index is 1330. The third kappa shape index (κ3) is 3.35.